The Balaban J connectivity index is 1.69. The molecule has 0 atom stereocenters. The molecular formula is C17H14ClFN4OS. The Hall–Kier alpha value is -2.38. The maximum absolute atomic E-state index is 13.1. The number of benzene rings is 2. The van der Waals surface area contributed by atoms with Crippen molar-refractivity contribution in [3.05, 3.63) is 65.2 Å². The van der Waals surface area contributed by atoms with Gasteiger partial charge in [-0.1, -0.05) is 29.4 Å². The molecule has 8 heteroatoms. The zero-order chi connectivity index (χ0) is 17.8. The van der Waals surface area contributed by atoms with Crippen molar-refractivity contribution in [2.45, 2.75) is 12.1 Å². The lowest BCUT2D eigenvalue weighted by Gasteiger charge is -2.09. The molecule has 1 N–H and O–H groups in total. The number of thioether (sulfide) groups is 1. The molecule has 0 aliphatic carbocycles. The number of hydrogen-bond donors (Lipinski definition) is 1. The maximum atomic E-state index is 13.1. The highest BCUT2D eigenvalue weighted by atomic mass is 35.5. The minimum atomic E-state index is -0.315. The van der Waals surface area contributed by atoms with E-state index in [1.807, 2.05) is 0 Å². The molecule has 0 unspecified atom stereocenters. The molecule has 0 radical (unpaired) electrons. The van der Waals surface area contributed by atoms with E-state index in [1.165, 1.54) is 23.9 Å². The summed E-state index contributed by atoms with van der Waals surface area (Å²) in [5.41, 5.74) is 1.37. The van der Waals surface area contributed by atoms with Crippen LogP contribution >= 0.6 is 23.4 Å². The number of aryl methyl sites for hydroxylation is 1. The number of amides is 1. The zero-order valence-electron chi connectivity index (χ0n) is 13.2. The molecular weight excluding hydrogens is 363 g/mol. The summed E-state index contributed by atoms with van der Waals surface area (Å²) in [5, 5.41) is 12.0. The highest BCUT2D eigenvalue weighted by Gasteiger charge is 2.13. The van der Waals surface area contributed by atoms with Gasteiger partial charge < -0.3 is 5.32 Å². The van der Waals surface area contributed by atoms with Gasteiger partial charge in [-0.2, -0.15) is 0 Å². The van der Waals surface area contributed by atoms with Gasteiger partial charge in [0.25, 0.3) is 0 Å². The average Bonchev–Trinajstić information content (AvgIpc) is 2.95. The van der Waals surface area contributed by atoms with E-state index >= 15 is 0 Å². The third kappa shape index (κ3) is 4.37. The van der Waals surface area contributed by atoms with Gasteiger partial charge in [-0.15, -0.1) is 10.2 Å². The Bertz CT molecular complexity index is 898. The topological polar surface area (TPSA) is 59.8 Å². The van der Waals surface area contributed by atoms with Crippen LogP contribution in [0.5, 0.6) is 0 Å². The summed E-state index contributed by atoms with van der Waals surface area (Å²) in [4.78, 5) is 12.1. The van der Waals surface area contributed by atoms with Crippen molar-refractivity contribution in [3.63, 3.8) is 0 Å². The van der Waals surface area contributed by atoms with Crippen LogP contribution in [0.4, 0.5) is 10.1 Å². The molecule has 2 aromatic carbocycles. The van der Waals surface area contributed by atoms with Gasteiger partial charge in [0.15, 0.2) is 5.16 Å². The van der Waals surface area contributed by atoms with Crippen LogP contribution in [-0.4, -0.2) is 26.4 Å². The summed E-state index contributed by atoms with van der Waals surface area (Å²) < 4.78 is 14.9. The van der Waals surface area contributed by atoms with E-state index < -0.39 is 0 Å². The number of nitrogens with zero attached hydrogens (tertiary/aromatic N) is 3. The van der Waals surface area contributed by atoms with Crippen molar-refractivity contribution in [1.82, 2.24) is 14.8 Å². The van der Waals surface area contributed by atoms with Crippen LogP contribution in [0.15, 0.2) is 53.7 Å². The van der Waals surface area contributed by atoms with Gasteiger partial charge >= 0.3 is 0 Å². The Labute approximate surface area is 153 Å². The molecule has 0 fully saturated rings. The lowest BCUT2D eigenvalue weighted by molar-refractivity contribution is -0.113. The van der Waals surface area contributed by atoms with Crippen molar-refractivity contribution in [1.29, 1.82) is 0 Å². The summed E-state index contributed by atoms with van der Waals surface area (Å²) in [7, 11) is 0. The Morgan fingerprint density at radius 1 is 1.24 bits per heavy atom. The van der Waals surface area contributed by atoms with Crippen LogP contribution in [0.2, 0.25) is 5.02 Å². The fourth-order valence-corrected chi connectivity index (χ4v) is 3.21. The van der Waals surface area contributed by atoms with Gasteiger partial charge in [0.05, 0.1) is 5.75 Å². The monoisotopic (exact) mass is 376 g/mol. The maximum Gasteiger partial charge on any atom is 0.234 e. The van der Waals surface area contributed by atoms with Crippen molar-refractivity contribution < 1.29 is 9.18 Å². The van der Waals surface area contributed by atoms with E-state index in [9.17, 15) is 9.18 Å². The van der Waals surface area contributed by atoms with Gasteiger partial charge in [0.1, 0.15) is 11.6 Å². The molecule has 0 saturated heterocycles. The molecule has 0 bridgehead atoms. The molecule has 0 spiro atoms. The fourth-order valence-electron chi connectivity index (χ4n) is 2.22. The van der Waals surface area contributed by atoms with Crippen LogP contribution < -0.4 is 5.32 Å². The smallest absolute Gasteiger partial charge is 0.234 e. The predicted molar refractivity (Wildman–Crippen MR) is 96.9 cm³/mol. The summed E-state index contributed by atoms with van der Waals surface area (Å²) >= 11 is 7.15. The number of hydrogen-bond acceptors (Lipinski definition) is 4. The zero-order valence-corrected chi connectivity index (χ0v) is 14.8. The molecule has 25 heavy (non-hydrogen) atoms. The number of nitrogens with one attached hydrogen (secondary N) is 1. The Morgan fingerprint density at radius 2 is 2.00 bits per heavy atom. The quantitative estimate of drug-likeness (QED) is 0.681. The highest BCUT2D eigenvalue weighted by molar-refractivity contribution is 7.99. The van der Waals surface area contributed by atoms with Gasteiger partial charge in [-0.3, -0.25) is 9.36 Å². The fraction of sp³-hybridized carbons (Fsp3) is 0.118. The summed E-state index contributed by atoms with van der Waals surface area (Å²) in [6.07, 6.45) is 0. The number of halogens is 2. The molecule has 0 aliphatic heterocycles. The summed E-state index contributed by atoms with van der Waals surface area (Å²) in [5.74, 6) is 0.318. The molecule has 5 nitrogen and oxygen atoms in total. The molecule has 1 amide bonds. The predicted octanol–water partition coefficient (Wildman–Crippen LogP) is 4.10. The van der Waals surface area contributed by atoms with Crippen molar-refractivity contribution in [2.75, 3.05) is 11.1 Å². The molecule has 3 aromatic rings. The van der Waals surface area contributed by atoms with Gasteiger partial charge in [-0.25, -0.2) is 4.39 Å². The van der Waals surface area contributed by atoms with Crippen LogP contribution in [0.1, 0.15) is 5.82 Å². The van der Waals surface area contributed by atoms with Crippen molar-refractivity contribution in [3.8, 4) is 5.69 Å². The minimum Gasteiger partial charge on any atom is -0.325 e. The summed E-state index contributed by atoms with van der Waals surface area (Å²) in [6.45, 7) is 1.80. The van der Waals surface area contributed by atoms with E-state index in [-0.39, 0.29) is 17.5 Å². The number of aromatic nitrogens is 3. The standard InChI is InChI=1S/C17H14ClFN4OS/c1-11-21-22-17(23(11)15-7-5-13(19)6-8-15)25-10-16(24)20-14-4-2-3-12(18)9-14/h2-9H,10H2,1H3,(H,20,24). The number of anilines is 1. The molecule has 1 aromatic heterocycles. The molecule has 3 rings (SSSR count). The van der Waals surface area contributed by atoms with E-state index in [4.69, 9.17) is 11.6 Å². The highest BCUT2D eigenvalue weighted by Crippen LogP contribution is 2.22. The van der Waals surface area contributed by atoms with E-state index in [1.54, 1.807) is 47.9 Å². The minimum absolute atomic E-state index is 0.159. The molecule has 0 saturated carbocycles. The molecule has 0 aliphatic rings. The van der Waals surface area contributed by atoms with E-state index in [0.29, 0.717) is 21.7 Å². The third-order valence-corrected chi connectivity index (χ3v) is 4.48. The second-order valence-corrected chi connectivity index (χ2v) is 6.57. The van der Waals surface area contributed by atoms with Gasteiger partial charge in [0.2, 0.25) is 5.91 Å². The number of carbonyl (C=O) groups excluding carboxylic acids is 1. The van der Waals surface area contributed by atoms with E-state index in [0.717, 1.165) is 5.69 Å². The van der Waals surface area contributed by atoms with Crippen molar-refractivity contribution >= 4 is 35.0 Å². The second kappa shape index (κ2) is 7.67. The van der Waals surface area contributed by atoms with Crippen LogP contribution in [-0.2, 0) is 4.79 Å². The Morgan fingerprint density at radius 3 is 2.72 bits per heavy atom. The van der Waals surface area contributed by atoms with Crippen molar-refractivity contribution in [2.24, 2.45) is 0 Å². The van der Waals surface area contributed by atoms with E-state index in [2.05, 4.69) is 15.5 Å². The molecule has 128 valence electrons. The second-order valence-electron chi connectivity index (χ2n) is 5.19. The first-order chi connectivity index (χ1) is 12.0. The third-order valence-electron chi connectivity index (χ3n) is 3.32. The number of carbonyl (C=O) groups is 1. The largest absolute Gasteiger partial charge is 0.325 e. The first kappa shape index (κ1) is 17.4. The van der Waals surface area contributed by atoms with Gasteiger partial charge in [0, 0.05) is 16.4 Å². The SMILES string of the molecule is Cc1nnc(SCC(=O)Nc2cccc(Cl)c2)n1-c1ccc(F)cc1. The first-order valence-corrected chi connectivity index (χ1v) is 8.75. The first-order valence-electron chi connectivity index (χ1n) is 7.39. The normalized spacial score (nSPS) is 10.7. The van der Waals surface area contributed by atoms with Crippen LogP contribution in [0, 0.1) is 12.7 Å². The van der Waals surface area contributed by atoms with Gasteiger partial charge in [-0.05, 0) is 49.4 Å². The van der Waals surface area contributed by atoms with Crippen LogP contribution in [0.3, 0.4) is 0 Å². The lowest BCUT2D eigenvalue weighted by Crippen LogP contribution is -2.14. The number of rotatable bonds is 5. The molecule has 1 heterocycles. The summed E-state index contributed by atoms with van der Waals surface area (Å²) in [6, 6.07) is 13.0. The van der Waals surface area contributed by atoms with Crippen LogP contribution in [0.25, 0.3) is 5.69 Å². The lowest BCUT2D eigenvalue weighted by atomic mass is 10.3. The average molecular weight is 377 g/mol. The Kier molecular flexibility index (Phi) is 5.35.